The lowest BCUT2D eigenvalue weighted by Gasteiger charge is -2.39. The summed E-state index contributed by atoms with van der Waals surface area (Å²) in [6, 6.07) is 0. The van der Waals surface area contributed by atoms with Crippen molar-refractivity contribution < 1.29 is 74.9 Å². The fourth-order valence-electron chi connectivity index (χ4n) is 3.59. The predicted molar refractivity (Wildman–Crippen MR) is 162 cm³/mol. The lowest BCUT2D eigenvalue weighted by molar-refractivity contribution is 0.0719. The third kappa shape index (κ3) is 12.1. The van der Waals surface area contributed by atoms with E-state index in [2.05, 4.69) is 0 Å². The molecule has 0 rings (SSSR count). The van der Waals surface area contributed by atoms with Crippen LogP contribution in [0.15, 0.2) is 0 Å². The van der Waals surface area contributed by atoms with Crippen molar-refractivity contribution in [3.05, 3.63) is 0 Å². The largest absolute Gasteiger partial charge is 0.504 e. The Bertz CT molecular complexity index is 588. The van der Waals surface area contributed by atoms with Gasteiger partial charge in [0, 0.05) is 114 Å². The van der Waals surface area contributed by atoms with Gasteiger partial charge in [-0.1, -0.05) is 0 Å². The van der Waals surface area contributed by atoms with Crippen LogP contribution in [0.3, 0.4) is 0 Å². The van der Waals surface area contributed by atoms with Gasteiger partial charge in [-0.15, -0.1) is 0 Å². The lowest BCUT2D eigenvalue weighted by atomic mass is 11.8. The summed E-state index contributed by atoms with van der Waals surface area (Å²) in [5.74, 6) is 0. The van der Waals surface area contributed by atoms with Crippen LogP contribution in [-0.2, 0) is 74.9 Å². The van der Waals surface area contributed by atoms with Crippen LogP contribution in [0, 0.1) is 0 Å². The van der Waals surface area contributed by atoms with Crippen LogP contribution in [-0.4, -0.2) is 167 Å². The number of hydrogen-bond acceptors (Lipinski definition) is 17. The average molecular weight is 723 g/mol. The van der Waals surface area contributed by atoms with Gasteiger partial charge in [-0.3, -0.25) is 0 Å². The zero-order valence-electron chi connectivity index (χ0n) is 28.1. The van der Waals surface area contributed by atoms with Crippen LogP contribution in [0.25, 0.3) is 0 Å². The van der Waals surface area contributed by atoms with E-state index in [1.54, 1.807) is 42.7 Å². The van der Waals surface area contributed by atoms with E-state index >= 15 is 0 Å². The second-order valence-electron chi connectivity index (χ2n) is 8.00. The zero-order chi connectivity index (χ0) is 33.1. The maximum absolute atomic E-state index is 6.32. The summed E-state index contributed by atoms with van der Waals surface area (Å²) in [6.07, 6.45) is 0. The van der Waals surface area contributed by atoms with Gasteiger partial charge >= 0.3 is 52.8 Å². The highest BCUT2D eigenvalue weighted by Crippen LogP contribution is 2.32. The molecule has 23 heteroatoms. The second-order valence-corrected chi connectivity index (χ2v) is 27.8. The van der Waals surface area contributed by atoms with E-state index < -0.39 is 52.8 Å². The summed E-state index contributed by atoms with van der Waals surface area (Å²) in [6.45, 7) is 0. The van der Waals surface area contributed by atoms with Crippen molar-refractivity contribution in [2.24, 2.45) is 0 Å². The molecular weight excluding hydrogens is 669 g/mol. The van der Waals surface area contributed by atoms with E-state index in [-0.39, 0.29) is 11.3 Å². The molecule has 0 heterocycles. The van der Waals surface area contributed by atoms with Gasteiger partial charge in [-0.2, -0.15) is 0 Å². The highest BCUT2D eigenvalue weighted by Gasteiger charge is 2.63. The summed E-state index contributed by atoms with van der Waals surface area (Å²) in [5.41, 5.74) is 0.686. The third-order valence-corrected chi connectivity index (χ3v) is 29.4. The average Bonchev–Trinajstić information content (AvgIpc) is 3.07. The fourth-order valence-corrected chi connectivity index (χ4v) is 26.6. The van der Waals surface area contributed by atoms with Crippen molar-refractivity contribution in [1.82, 2.24) is 0 Å². The summed E-state index contributed by atoms with van der Waals surface area (Å²) in [7, 11) is 5.72. The molecule has 0 spiro atoms. The monoisotopic (exact) mass is 722 g/mol. The Balaban J connectivity index is 0. The molecular formula is C19H54O17Si6. The van der Waals surface area contributed by atoms with Crippen LogP contribution in [0.4, 0.5) is 0 Å². The van der Waals surface area contributed by atoms with Crippen LogP contribution in [0.1, 0.15) is 0 Å². The molecule has 256 valence electrons. The second kappa shape index (κ2) is 21.4. The van der Waals surface area contributed by atoms with Crippen LogP contribution < -0.4 is 0 Å². The smallest absolute Gasteiger partial charge is 0.377 e. The van der Waals surface area contributed by atoms with Crippen LogP contribution in [0.5, 0.6) is 0 Å². The molecule has 0 N–H and O–H groups in total. The van der Waals surface area contributed by atoms with Crippen molar-refractivity contribution in [3.8, 4) is 0 Å². The summed E-state index contributed by atoms with van der Waals surface area (Å²) in [4.78, 5) is 0. The Hall–Kier alpha value is 0.621. The molecule has 0 aromatic carbocycles. The first-order valence-electron chi connectivity index (χ1n) is 12.3. The molecule has 0 aliphatic heterocycles. The molecule has 0 amide bonds. The molecule has 0 unspecified atom stereocenters. The standard InChI is InChI=1S/C12H34O11Si4.C7H20O6Si2/c1-13-24(14-2,15-3)11-26(19-7,20-8)23-27(21-9,22-10)12-25(16-4,17-5)18-6;1-8-14(9-2,10-3)7-15(11-4,12-5)13-6/h11-12H2,1-10H3;7H2,1-6H3. The predicted octanol–water partition coefficient (Wildman–Crippen LogP) is 0.583. The van der Waals surface area contributed by atoms with Crippen molar-refractivity contribution >= 4 is 52.8 Å². The molecule has 42 heavy (non-hydrogen) atoms. The van der Waals surface area contributed by atoms with Crippen molar-refractivity contribution in [2.75, 3.05) is 114 Å². The van der Waals surface area contributed by atoms with Gasteiger partial charge in [0.25, 0.3) is 0 Å². The number of rotatable bonds is 24. The van der Waals surface area contributed by atoms with Crippen molar-refractivity contribution in [3.63, 3.8) is 0 Å². The molecule has 0 atom stereocenters. The Morgan fingerprint density at radius 3 is 0.452 bits per heavy atom. The van der Waals surface area contributed by atoms with Gasteiger partial charge in [0.1, 0.15) is 0 Å². The van der Waals surface area contributed by atoms with Crippen LogP contribution >= 0.6 is 0 Å². The molecule has 17 nitrogen and oxygen atoms in total. The van der Waals surface area contributed by atoms with Gasteiger partial charge < -0.3 is 74.9 Å². The van der Waals surface area contributed by atoms with E-state index in [4.69, 9.17) is 74.9 Å². The van der Waals surface area contributed by atoms with Gasteiger partial charge in [0.05, 0.1) is 17.0 Å². The third-order valence-electron chi connectivity index (χ3n) is 6.59. The van der Waals surface area contributed by atoms with Gasteiger partial charge in [-0.25, -0.2) is 0 Å². The van der Waals surface area contributed by atoms with E-state index in [9.17, 15) is 0 Å². The quantitative estimate of drug-likeness (QED) is 0.127. The lowest BCUT2D eigenvalue weighted by Crippen LogP contribution is -2.65. The minimum Gasteiger partial charge on any atom is -0.377 e. The van der Waals surface area contributed by atoms with Gasteiger partial charge in [0.2, 0.25) is 0 Å². The van der Waals surface area contributed by atoms with E-state index in [0.29, 0.717) is 5.67 Å². The topological polar surface area (TPSA) is 157 Å². The highest BCUT2D eigenvalue weighted by atomic mass is 28.5. The first-order valence-corrected chi connectivity index (χ1v) is 23.9. The minimum absolute atomic E-state index is 0.152. The van der Waals surface area contributed by atoms with Crippen molar-refractivity contribution in [1.29, 1.82) is 0 Å². The summed E-state index contributed by atoms with van der Waals surface area (Å²) >= 11 is 0. The molecule has 0 bridgehead atoms. The summed E-state index contributed by atoms with van der Waals surface area (Å²) < 4.78 is 93.8. The molecule has 0 aromatic heterocycles. The minimum atomic E-state index is -3.40. The van der Waals surface area contributed by atoms with Crippen molar-refractivity contribution in [2.45, 2.75) is 17.0 Å². The maximum Gasteiger partial charge on any atom is 0.504 e. The molecule has 0 fully saturated rings. The maximum atomic E-state index is 6.32. The fraction of sp³-hybridized carbons (Fsp3) is 1.00. The first-order chi connectivity index (χ1) is 19.8. The van der Waals surface area contributed by atoms with Gasteiger partial charge in [0.15, 0.2) is 0 Å². The van der Waals surface area contributed by atoms with E-state index in [0.717, 1.165) is 0 Å². The molecule has 0 aromatic rings. The molecule has 0 radical (unpaired) electrons. The van der Waals surface area contributed by atoms with Crippen LogP contribution in [0.2, 0.25) is 17.0 Å². The Morgan fingerprint density at radius 2 is 0.333 bits per heavy atom. The molecule has 0 saturated heterocycles. The molecule has 0 aliphatic carbocycles. The SMILES string of the molecule is CO[Si](C[Si](OC)(OC)OC)(OC)OC.CO[Si](C[Si](OC)(OC)O[Si](C[Si](OC)(OC)OC)(OC)OC)(OC)OC. The zero-order valence-corrected chi connectivity index (χ0v) is 34.1. The Labute approximate surface area is 258 Å². The first kappa shape index (κ1) is 44.7. The normalized spacial score (nSPS) is 13.7. The highest BCUT2D eigenvalue weighted by molar-refractivity contribution is 6.88. The molecule has 0 aliphatic rings. The number of hydrogen-bond donors (Lipinski definition) is 0. The Morgan fingerprint density at radius 1 is 0.214 bits per heavy atom. The Kier molecular flexibility index (Phi) is 22.8. The van der Waals surface area contributed by atoms with E-state index in [1.807, 2.05) is 0 Å². The molecule has 0 saturated carbocycles. The summed E-state index contributed by atoms with van der Waals surface area (Å²) in [5, 5.41) is 0. The van der Waals surface area contributed by atoms with Gasteiger partial charge in [-0.05, 0) is 0 Å². The van der Waals surface area contributed by atoms with E-state index in [1.165, 1.54) is 71.1 Å².